The maximum atomic E-state index is 12.2. The van der Waals surface area contributed by atoms with Gasteiger partial charge in [0.1, 0.15) is 11.5 Å². The zero-order chi connectivity index (χ0) is 22.2. The number of non-ortho nitro benzene ring substituents is 1. The van der Waals surface area contributed by atoms with Crippen LogP contribution >= 0.6 is 12.2 Å². The highest BCUT2D eigenvalue weighted by Crippen LogP contribution is 2.24. The van der Waals surface area contributed by atoms with E-state index in [1.165, 1.54) is 30.3 Å². The number of nitro groups is 1. The Bertz CT molecular complexity index is 1100. The molecule has 11 heteroatoms. The van der Waals surface area contributed by atoms with Gasteiger partial charge in [0.25, 0.3) is 17.5 Å². The summed E-state index contributed by atoms with van der Waals surface area (Å²) in [4.78, 5) is 34.2. The van der Waals surface area contributed by atoms with Crippen molar-refractivity contribution in [2.45, 2.75) is 0 Å². The SMILES string of the molecule is O=C(COc1ccccc1)NNC(=S)NC(=O)c1ccc(-c2ccc([N+](=O)[O-])cc2)o1. The molecule has 158 valence electrons. The molecule has 0 aliphatic carbocycles. The van der Waals surface area contributed by atoms with E-state index in [1.54, 1.807) is 30.3 Å². The van der Waals surface area contributed by atoms with Crippen molar-refractivity contribution in [3.63, 3.8) is 0 Å². The standard InChI is InChI=1S/C20H16N4O6S/c25-18(12-29-15-4-2-1-3-5-15)22-23-20(31)21-19(26)17-11-10-16(30-17)13-6-8-14(9-7-13)24(27)28/h1-11H,12H2,(H,22,25)(H2,21,23,26,31). The Hall–Kier alpha value is -4.25. The van der Waals surface area contributed by atoms with Gasteiger partial charge in [-0.2, -0.15) is 0 Å². The minimum absolute atomic E-state index is 0.0313. The van der Waals surface area contributed by atoms with E-state index >= 15 is 0 Å². The second-order valence-electron chi connectivity index (χ2n) is 6.03. The zero-order valence-corrected chi connectivity index (χ0v) is 16.7. The molecule has 0 atom stereocenters. The van der Waals surface area contributed by atoms with E-state index in [2.05, 4.69) is 16.2 Å². The molecule has 0 aliphatic rings. The molecular formula is C20H16N4O6S. The number of amides is 2. The van der Waals surface area contributed by atoms with Gasteiger partial charge >= 0.3 is 0 Å². The van der Waals surface area contributed by atoms with Gasteiger partial charge in [-0.1, -0.05) is 18.2 Å². The van der Waals surface area contributed by atoms with Gasteiger partial charge in [-0.25, -0.2) is 0 Å². The number of furan rings is 1. The van der Waals surface area contributed by atoms with Crippen LogP contribution in [-0.2, 0) is 4.79 Å². The monoisotopic (exact) mass is 440 g/mol. The molecule has 2 aromatic carbocycles. The number of benzene rings is 2. The summed E-state index contributed by atoms with van der Waals surface area (Å²) in [5.41, 5.74) is 5.20. The van der Waals surface area contributed by atoms with E-state index in [-0.39, 0.29) is 23.2 Å². The zero-order valence-electron chi connectivity index (χ0n) is 15.9. The summed E-state index contributed by atoms with van der Waals surface area (Å²) in [5, 5.41) is 12.9. The predicted octanol–water partition coefficient (Wildman–Crippen LogP) is 2.57. The molecule has 0 saturated heterocycles. The van der Waals surface area contributed by atoms with Gasteiger partial charge in [0, 0.05) is 17.7 Å². The van der Waals surface area contributed by atoms with Crippen molar-refractivity contribution in [3.05, 3.63) is 82.6 Å². The van der Waals surface area contributed by atoms with Crippen molar-refractivity contribution in [2.24, 2.45) is 0 Å². The summed E-state index contributed by atoms with van der Waals surface area (Å²) >= 11 is 4.96. The number of nitrogens with one attached hydrogen (secondary N) is 3. The fourth-order valence-corrected chi connectivity index (χ4v) is 2.53. The topological polar surface area (TPSA) is 136 Å². The summed E-state index contributed by atoms with van der Waals surface area (Å²) in [6.07, 6.45) is 0. The minimum atomic E-state index is -0.638. The lowest BCUT2D eigenvalue weighted by Gasteiger charge is -2.10. The summed E-state index contributed by atoms with van der Waals surface area (Å²) in [5.74, 6) is -0.281. The smallest absolute Gasteiger partial charge is 0.293 e. The van der Waals surface area contributed by atoms with Crippen molar-refractivity contribution in [1.29, 1.82) is 0 Å². The van der Waals surface area contributed by atoms with Crippen LogP contribution in [-0.4, -0.2) is 28.5 Å². The van der Waals surface area contributed by atoms with Crippen LogP contribution in [0.5, 0.6) is 5.75 Å². The molecule has 3 aromatic rings. The Kier molecular flexibility index (Phi) is 6.91. The third-order valence-electron chi connectivity index (χ3n) is 3.85. The number of ether oxygens (including phenoxy) is 1. The van der Waals surface area contributed by atoms with Crippen LogP contribution in [0.15, 0.2) is 71.1 Å². The highest BCUT2D eigenvalue weighted by atomic mass is 32.1. The molecule has 0 unspecified atom stereocenters. The number of carbonyl (C=O) groups excluding carboxylic acids is 2. The van der Waals surface area contributed by atoms with Gasteiger partial charge in [0.15, 0.2) is 17.5 Å². The molecule has 10 nitrogen and oxygen atoms in total. The number of thiocarbonyl (C=S) groups is 1. The third-order valence-corrected chi connectivity index (χ3v) is 4.05. The number of para-hydroxylation sites is 1. The normalized spacial score (nSPS) is 10.1. The fourth-order valence-electron chi connectivity index (χ4n) is 2.39. The first-order valence-corrected chi connectivity index (χ1v) is 9.26. The first kappa shape index (κ1) is 21.5. The molecule has 0 saturated carbocycles. The second-order valence-corrected chi connectivity index (χ2v) is 6.43. The van der Waals surface area contributed by atoms with Crippen molar-refractivity contribution in [1.82, 2.24) is 16.2 Å². The number of hydrazine groups is 1. The third kappa shape index (κ3) is 6.11. The maximum absolute atomic E-state index is 12.2. The Balaban J connectivity index is 1.47. The average molecular weight is 440 g/mol. The van der Waals surface area contributed by atoms with E-state index < -0.39 is 16.7 Å². The first-order valence-electron chi connectivity index (χ1n) is 8.85. The minimum Gasteiger partial charge on any atom is -0.484 e. The number of carbonyl (C=O) groups is 2. The summed E-state index contributed by atoms with van der Waals surface area (Å²) in [6.45, 7) is -0.246. The van der Waals surface area contributed by atoms with Gasteiger partial charge in [0.2, 0.25) is 0 Å². The van der Waals surface area contributed by atoms with E-state index in [0.717, 1.165) is 0 Å². The van der Waals surface area contributed by atoms with E-state index in [1.807, 2.05) is 6.07 Å². The number of hydrogen-bond donors (Lipinski definition) is 3. The van der Waals surface area contributed by atoms with E-state index in [0.29, 0.717) is 17.1 Å². The Morgan fingerprint density at radius 1 is 1.00 bits per heavy atom. The van der Waals surface area contributed by atoms with Crippen LogP contribution in [0.4, 0.5) is 5.69 Å². The molecule has 0 spiro atoms. The molecule has 3 rings (SSSR count). The maximum Gasteiger partial charge on any atom is 0.293 e. The molecule has 0 aliphatic heterocycles. The lowest BCUT2D eigenvalue weighted by atomic mass is 10.1. The molecular weight excluding hydrogens is 424 g/mol. The molecule has 3 N–H and O–H groups in total. The predicted molar refractivity (Wildman–Crippen MR) is 114 cm³/mol. The van der Waals surface area contributed by atoms with E-state index in [4.69, 9.17) is 21.4 Å². The van der Waals surface area contributed by atoms with Crippen LogP contribution in [0.25, 0.3) is 11.3 Å². The number of rotatable bonds is 6. The average Bonchev–Trinajstić information content (AvgIpc) is 3.27. The first-order chi connectivity index (χ1) is 14.9. The molecule has 0 radical (unpaired) electrons. The second kappa shape index (κ2) is 9.98. The molecule has 0 bridgehead atoms. The van der Waals surface area contributed by atoms with Crippen molar-refractivity contribution < 1.29 is 23.7 Å². The molecule has 31 heavy (non-hydrogen) atoms. The fraction of sp³-hybridized carbons (Fsp3) is 0.0500. The van der Waals surface area contributed by atoms with Gasteiger partial charge in [-0.05, 0) is 48.6 Å². The van der Waals surface area contributed by atoms with Crippen LogP contribution in [0.3, 0.4) is 0 Å². The van der Waals surface area contributed by atoms with Gasteiger partial charge < -0.3 is 9.15 Å². The van der Waals surface area contributed by atoms with Crippen LogP contribution < -0.4 is 20.9 Å². The van der Waals surface area contributed by atoms with Gasteiger partial charge in [0.05, 0.1) is 4.92 Å². The van der Waals surface area contributed by atoms with E-state index in [9.17, 15) is 19.7 Å². The Labute approximate surface area is 181 Å². The number of nitrogens with zero attached hydrogens (tertiary/aromatic N) is 1. The summed E-state index contributed by atoms with van der Waals surface area (Å²) in [6, 6.07) is 17.5. The molecule has 1 heterocycles. The molecule has 1 aromatic heterocycles. The van der Waals surface area contributed by atoms with Crippen LogP contribution in [0, 0.1) is 10.1 Å². The quantitative estimate of drug-likeness (QED) is 0.302. The van der Waals surface area contributed by atoms with Crippen molar-refractivity contribution in [2.75, 3.05) is 6.61 Å². The molecule has 2 amide bonds. The van der Waals surface area contributed by atoms with Gasteiger partial charge in [-0.15, -0.1) is 0 Å². The summed E-state index contributed by atoms with van der Waals surface area (Å²) in [7, 11) is 0. The highest BCUT2D eigenvalue weighted by molar-refractivity contribution is 7.80. The molecule has 0 fully saturated rings. The van der Waals surface area contributed by atoms with Crippen molar-refractivity contribution in [3.8, 4) is 17.1 Å². The highest BCUT2D eigenvalue weighted by Gasteiger charge is 2.15. The van der Waals surface area contributed by atoms with Gasteiger partial charge in [-0.3, -0.25) is 35.9 Å². The van der Waals surface area contributed by atoms with Crippen LogP contribution in [0.2, 0.25) is 0 Å². The number of nitro benzene ring substituents is 1. The number of hydrogen-bond acceptors (Lipinski definition) is 7. The summed E-state index contributed by atoms with van der Waals surface area (Å²) < 4.78 is 10.7. The van der Waals surface area contributed by atoms with Crippen molar-refractivity contribution >= 4 is 34.8 Å². The Morgan fingerprint density at radius 2 is 1.71 bits per heavy atom. The largest absolute Gasteiger partial charge is 0.484 e. The van der Waals surface area contributed by atoms with Crippen LogP contribution in [0.1, 0.15) is 10.6 Å². The lowest BCUT2D eigenvalue weighted by Crippen LogP contribution is -2.49. The lowest BCUT2D eigenvalue weighted by molar-refractivity contribution is -0.384. The Morgan fingerprint density at radius 3 is 2.39 bits per heavy atom.